The molecule has 0 aliphatic carbocycles. The third-order valence-corrected chi connectivity index (χ3v) is 6.38. The molecule has 1 aliphatic rings. The number of carbonyl (C=O) groups excluding carboxylic acids is 3. The summed E-state index contributed by atoms with van der Waals surface area (Å²) in [5.41, 5.74) is 4.33. The number of nitrogens with zero attached hydrogens (tertiary/aromatic N) is 5. The number of carbonyl (C=O) groups is 3. The summed E-state index contributed by atoms with van der Waals surface area (Å²) >= 11 is 0. The summed E-state index contributed by atoms with van der Waals surface area (Å²) in [6, 6.07) is 15.4. The van der Waals surface area contributed by atoms with Crippen molar-refractivity contribution in [3.8, 4) is 22.5 Å². The molecule has 5 aromatic rings. The number of pyridine rings is 1. The molecule has 0 saturated carbocycles. The molecule has 3 aromatic heterocycles. The van der Waals surface area contributed by atoms with E-state index >= 15 is 0 Å². The lowest BCUT2D eigenvalue weighted by Crippen LogP contribution is -2.43. The first-order valence-electron chi connectivity index (χ1n) is 14.1. The highest BCUT2D eigenvalue weighted by molar-refractivity contribution is 6.00. The summed E-state index contributed by atoms with van der Waals surface area (Å²) in [6.45, 7) is 4.00. The number of nitrogens with one attached hydrogen (secondary N) is 1. The standard InChI is InChI=1S/C27H19N5O6.C3H9N.C2H6/c33-14-19-13-17(8-9-28-19)16-2-1-3-18(12-16)25-30-24(38-31-25)11-15-4-6-22-21(10-15)32(27(36)37-22)20-5-7-23(34)29-26(20)35;1-4(2)3;1-2/h1-4,6,8-10,12-14,20H,5,7,11H2,(H,29,34,35);1-3H3;1-2H3. The Morgan fingerprint density at radius 2 is 1.73 bits per heavy atom. The number of hydrogen-bond donors (Lipinski definition) is 1. The first kappa shape index (κ1) is 31.7. The van der Waals surface area contributed by atoms with Crippen molar-refractivity contribution in [1.29, 1.82) is 0 Å². The molecule has 0 spiro atoms. The molecule has 1 fully saturated rings. The van der Waals surface area contributed by atoms with Crippen molar-refractivity contribution in [3.05, 3.63) is 88.5 Å². The summed E-state index contributed by atoms with van der Waals surface area (Å²) in [5, 5.41) is 6.38. The van der Waals surface area contributed by atoms with Crippen LogP contribution in [0.4, 0.5) is 0 Å². The van der Waals surface area contributed by atoms with Gasteiger partial charge in [0.25, 0.3) is 0 Å². The van der Waals surface area contributed by atoms with E-state index in [1.165, 1.54) is 4.57 Å². The number of aromatic nitrogens is 4. The van der Waals surface area contributed by atoms with Gasteiger partial charge in [0.1, 0.15) is 11.7 Å². The van der Waals surface area contributed by atoms with Gasteiger partial charge < -0.3 is 13.8 Å². The summed E-state index contributed by atoms with van der Waals surface area (Å²) in [4.78, 5) is 58.0. The van der Waals surface area contributed by atoms with E-state index in [0.29, 0.717) is 34.8 Å². The lowest BCUT2D eigenvalue weighted by atomic mass is 10.0. The van der Waals surface area contributed by atoms with Crippen molar-refractivity contribution in [2.75, 3.05) is 21.1 Å². The molecule has 1 unspecified atom stereocenters. The number of piperidine rings is 1. The van der Waals surface area contributed by atoms with Crippen LogP contribution in [0.2, 0.25) is 0 Å². The van der Waals surface area contributed by atoms with Crippen LogP contribution in [0.5, 0.6) is 0 Å². The van der Waals surface area contributed by atoms with Crippen LogP contribution < -0.4 is 11.1 Å². The van der Waals surface area contributed by atoms with E-state index in [1.54, 1.807) is 30.5 Å². The maximum absolute atomic E-state index is 12.5. The van der Waals surface area contributed by atoms with Gasteiger partial charge in [0.15, 0.2) is 11.9 Å². The number of oxazole rings is 1. The minimum Gasteiger partial charge on any atom is -0.408 e. The quantitative estimate of drug-likeness (QED) is 0.221. The first-order chi connectivity index (χ1) is 21.2. The smallest absolute Gasteiger partial charge is 0.408 e. The van der Waals surface area contributed by atoms with Gasteiger partial charge in [-0.25, -0.2) is 4.79 Å². The molecule has 1 N–H and O–H groups in total. The zero-order valence-corrected chi connectivity index (χ0v) is 25.2. The van der Waals surface area contributed by atoms with Gasteiger partial charge >= 0.3 is 5.76 Å². The van der Waals surface area contributed by atoms with Crippen molar-refractivity contribution in [1.82, 2.24) is 29.9 Å². The van der Waals surface area contributed by atoms with Crippen molar-refractivity contribution in [3.63, 3.8) is 0 Å². The minimum atomic E-state index is -0.831. The monoisotopic (exact) mass is 598 g/mol. The Balaban J connectivity index is 0.000000683. The fraction of sp³-hybridized carbons (Fsp3) is 0.281. The van der Waals surface area contributed by atoms with Gasteiger partial charge in [-0.15, -0.1) is 0 Å². The minimum absolute atomic E-state index is 0.139. The number of rotatable bonds is 6. The van der Waals surface area contributed by atoms with E-state index in [9.17, 15) is 19.2 Å². The number of amides is 2. The number of hydrogen-bond acceptors (Lipinski definition) is 10. The van der Waals surface area contributed by atoms with Crippen LogP contribution in [0, 0.1) is 0 Å². The Kier molecular flexibility index (Phi) is 10.3. The van der Waals surface area contributed by atoms with E-state index in [1.807, 2.05) is 70.2 Å². The SMILES string of the molecule is CC.CN(C)C.O=Cc1cc(-c2cccc(-c3noc(Cc4ccc5oc(=O)n(C6CCC(=O)NC6=O)c5c4)n3)c2)ccn1. The van der Waals surface area contributed by atoms with E-state index in [-0.39, 0.29) is 25.2 Å². The van der Waals surface area contributed by atoms with Crippen molar-refractivity contribution in [2.45, 2.75) is 39.2 Å². The predicted molar refractivity (Wildman–Crippen MR) is 164 cm³/mol. The maximum Gasteiger partial charge on any atom is 0.420 e. The van der Waals surface area contributed by atoms with Crippen LogP contribution in [-0.4, -0.2) is 63.8 Å². The van der Waals surface area contributed by atoms with Crippen molar-refractivity contribution >= 4 is 29.2 Å². The topological polar surface area (TPSA) is 153 Å². The number of aldehydes is 1. The van der Waals surface area contributed by atoms with Gasteiger partial charge in [-0.3, -0.25) is 29.3 Å². The Morgan fingerprint density at radius 3 is 2.45 bits per heavy atom. The van der Waals surface area contributed by atoms with Crippen molar-refractivity contribution in [2.24, 2.45) is 0 Å². The van der Waals surface area contributed by atoms with Gasteiger partial charge in [0.05, 0.1) is 11.9 Å². The zero-order valence-electron chi connectivity index (χ0n) is 25.2. The van der Waals surface area contributed by atoms with E-state index in [4.69, 9.17) is 8.94 Å². The molecule has 228 valence electrons. The van der Waals surface area contributed by atoms with Gasteiger partial charge in [-0.1, -0.05) is 43.3 Å². The molecule has 6 rings (SSSR count). The number of benzene rings is 2. The third kappa shape index (κ3) is 7.39. The molecule has 12 heteroatoms. The Hall–Kier alpha value is -5.23. The normalized spacial score (nSPS) is 14.4. The molecule has 2 aromatic carbocycles. The molecule has 4 heterocycles. The van der Waals surface area contributed by atoms with Crippen molar-refractivity contribution < 1.29 is 23.3 Å². The van der Waals surface area contributed by atoms with Crippen LogP contribution in [0.15, 0.2) is 74.5 Å². The van der Waals surface area contributed by atoms with Crippen LogP contribution in [0.1, 0.15) is 54.7 Å². The molecule has 0 bridgehead atoms. The lowest BCUT2D eigenvalue weighted by molar-refractivity contribution is -0.135. The Labute approximate surface area is 253 Å². The highest BCUT2D eigenvalue weighted by Gasteiger charge is 2.31. The predicted octanol–water partition coefficient (Wildman–Crippen LogP) is 4.29. The van der Waals surface area contributed by atoms with Gasteiger partial charge in [0.2, 0.25) is 23.5 Å². The van der Waals surface area contributed by atoms with Gasteiger partial charge in [-0.2, -0.15) is 4.98 Å². The fourth-order valence-corrected chi connectivity index (χ4v) is 4.56. The summed E-state index contributed by atoms with van der Waals surface area (Å²) in [7, 11) is 6.00. The maximum atomic E-state index is 12.5. The molecule has 1 saturated heterocycles. The van der Waals surface area contributed by atoms with Gasteiger partial charge in [0, 0.05) is 18.2 Å². The summed E-state index contributed by atoms with van der Waals surface area (Å²) < 4.78 is 12.1. The second kappa shape index (κ2) is 14.3. The highest BCUT2D eigenvalue weighted by Crippen LogP contribution is 2.27. The molecule has 12 nitrogen and oxygen atoms in total. The summed E-state index contributed by atoms with van der Waals surface area (Å²) in [5.74, 6) is -0.806. The molecular formula is C32H34N6O6. The van der Waals surface area contributed by atoms with Crippen LogP contribution in [-0.2, 0) is 16.0 Å². The second-order valence-corrected chi connectivity index (χ2v) is 10.2. The van der Waals surface area contributed by atoms with Gasteiger partial charge in [-0.05, 0) is 74.6 Å². The van der Waals surface area contributed by atoms with E-state index in [2.05, 4.69) is 20.4 Å². The molecule has 1 atom stereocenters. The molecule has 0 radical (unpaired) electrons. The first-order valence-corrected chi connectivity index (χ1v) is 14.1. The average Bonchev–Trinajstić information content (AvgIpc) is 3.62. The highest BCUT2D eigenvalue weighted by atomic mass is 16.5. The Bertz CT molecular complexity index is 1830. The third-order valence-electron chi connectivity index (χ3n) is 6.38. The molecule has 2 amide bonds. The Morgan fingerprint density at radius 1 is 1.00 bits per heavy atom. The van der Waals surface area contributed by atoms with Crippen LogP contribution in [0.25, 0.3) is 33.6 Å². The molecule has 1 aliphatic heterocycles. The van der Waals surface area contributed by atoms with Crippen LogP contribution >= 0.6 is 0 Å². The second-order valence-electron chi connectivity index (χ2n) is 10.2. The fourth-order valence-electron chi connectivity index (χ4n) is 4.56. The molecule has 44 heavy (non-hydrogen) atoms. The van der Waals surface area contributed by atoms with Crippen LogP contribution in [0.3, 0.4) is 0 Å². The summed E-state index contributed by atoms with van der Waals surface area (Å²) in [6.07, 6.45) is 2.91. The number of fused-ring (bicyclic) bond motifs is 1. The van der Waals surface area contributed by atoms with E-state index < -0.39 is 17.7 Å². The largest absolute Gasteiger partial charge is 0.420 e. The molecular weight excluding hydrogens is 564 g/mol. The van der Waals surface area contributed by atoms with E-state index in [0.717, 1.165) is 22.3 Å². The average molecular weight is 599 g/mol. The lowest BCUT2D eigenvalue weighted by Gasteiger charge is -2.21. The number of imide groups is 1. The zero-order chi connectivity index (χ0) is 31.8.